The Morgan fingerprint density at radius 2 is 1.74 bits per heavy atom. The number of aliphatic carboxylic acids is 1. The van der Waals surface area contributed by atoms with Crippen molar-refractivity contribution in [3.63, 3.8) is 0 Å². The molecule has 0 aromatic carbocycles. The molecule has 4 atom stereocenters. The first-order chi connectivity index (χ1) is 9.18. The fourth-order valence-corrected chi connectivity index (χ4v) is 4.58. The predicted molar refractivity (Wildman–Crippen MR) is 70.4 cm³/mol. The number of carbonyl (C=O) groups is 2. The van der Waals surface area contributed by atoms with Crippen LogP contribution in [0.1, 0.15) is 44.9 Å². The van der Waals surface area contributed by atoms with Crippen LogP contribution in [0.2, 0.25) is 0 Å². The number of fused-ring (bicyclic) bond motifs is 5. The molecule has 19 heavy (non-hydrogen) atoms. The van der Waals surface area contributed by atoms with Gasteiger partial charge in [-0.15, -0.1) is 0 Å². The summed E-state index contributed by atoms with van der Waals surface area (Å²) in [7, 11) is 0. The molecule has 3 aliphatic carbocycles. The van der Waals surface area contributed by atoms with Gasteiger partial charge in [-0.1, -0.05) is 6.42 Å². The normalized spacial score (nSPS) is 38.0. The van der Waals surface area contributed by atoms with E-state index in [4.69, 9.17) is 5.11 Å². The predicted octanol–water partition coefficient (Wildman–Crippen LogP) is 2.04. The number of hydrogen-bond acceptors (Lipinski definition) is 2. The third-order valence-electron chi connectivity index (χ3n) is 5.40. The number of carbonyl (C=O) groups excluding carboxylic acids is 1. The van der Waals surface area contributed by atoms with Crippen molar-refractivity contribution in [2.24, 2.45) is 29.6 Å². The summed E-state index contributed by atoms with van der Waals surface area (Å²) < 4.78 is 0. The highest BCUT2D eigenvalue weighted by molar-refractivity contribution is 5.82. The molecular formula is C15H23NO3. The Balaban J connectivity index is 1.30. The molecule has 3 fully saturated rings. The van der Waals surface area contributed by atoms with Gasteiger partial charge in [0.1, 0.15) is 0 Å². The van der Waals surface area contributed by atoms with E-state index in [9.17, 15) is 9.59 Å². The highest BCUT2D eigenvalue weighted by atomic mass is 16.4. The van der Waals surface area contributed by atoms with E-state index >= 15 is 0 Å². The highest BCUT2D eigenvalue weighted by Gasteiger charge is 2.67. The lowest BCUT2D eigenvalue weighted by Crippen LogP contribution is -2.28. The summed E-state index contributed by atoms with van der Waals surface area (Å²) in [6, 6.07) is 0. The second-order valence-corrected chi connectivity index (χ2v) is 6.51. The summed E-state index contributed by atoms with van der Waals surface area (Å²) in [6.45, 7) is 0.712. The van der Waals surface area contributed by atoms with Gasteiger partial charge in [-0.3, -0.25) is 9.59 Å². The van der Waals surface area contributed by atoms with Crippen LogP contribution in [-0.2, 0) is 9.59 Å². The van der Waals surface area contributed by atoms with Crippen molar-refractivity contribution in [3.8, 4) is 0 Å². The molecule has 0 saturated heterocycles. The number of carboxylic acid groups (broad SMARTS) is 1. The Morgan fingerprint density at radius 3 is 2.37 bits per heavy atom. The summed E-state index contributed by atoms with van der Waals surface area (Å²) in [5.41, 5.74) is 0. The van der Waals surface area contributed by atoms with Gasteiger partial charge < -0.3 is 10.4 Å². The van der Waals surface area contributed by atoms with Crippen LogP contribution in [0, 0.1) is 29.6 Å². The molecule has 1 amide bonds. The quantitative estimate of drug-likeness (QED) is 0.692. The van der Waals surface area contributed by atoms with Crippen LogP contribution in [-0.4, -0.2) is 23.5 Å². The fraction of sp³-hybridized carbons (Fsp3) is 0.867. The highest BCUT2D eigenvalue weighted by Crippen LogP contribution is 2.69. The molecule has 3 rings (SSSR count). The zero-order valence-corrected chi connectivity index (χ0v) is 11.3. The molecule has 106 valence electrons. The first-order valence-corrected chi connectivity index (χ1v) is 7.68. The Morgan fingerprint density at radius 1 is 1.05 bits per heavy atom. The molecule has 0 aromatic heterocycles. The monoisotopic (exact) mass is 265 g/mol. The molecule has 0 heterocycles. The molecule has 0 radical (unpaired) electrons. The molecule has 0 aliphatic heterocycles. The van der Waals surface area contributed by atoms with Gasteiger partial charge in [-0.05, 0) is 55.8 Å². The maximum atomic E-state index is 12.1. The number of rotatable bonds is 7. The molecular weight excluding hydrogens is 242 g/mol. The largest absolute Gasteiger partial charge is 0.481 e. The van der Waals surface area contributed by atoms with E-state index in [1.165, 1.54) is 19.3 Å². The molecule has 2 bridgehead atoms. The van der Waals surface area contributed by atoms with Crippen molar-refractivity contribution in [1.29, 1.82) is 0 Å². The zero-order chi connectivity index (χ0) is 13.4. The Hall–Kier alpha value is -1.06. The van der Waals surface area contributed by atoms with Gasteiger partial charge in [0.2, 0.25) is 5.91 Å². The Labute approximate surface area is 113 Å². The molecule has 3 aliphatic rings. The molecule has 4 heteroatoms. The second-order valence-electron chi connectivity index (χ2n) is 6.51. The van der Waals surface area contributed by atoms with Crippen LogP contribution >= 0.6 is 0 Å². The molecule has 0 spiro atoms. The molecule has 0 unspecified atom stereocenters. The molecule has 0 aromatic rings. The summed E-state index contributed by atoms with van der Waals surface area (Å²) in [4.78, 5) is 22.4. The number of hydrogen-bond donors (Lipinski definition) is 2. The number of unbranched alkanes of at least 4 members (excludes halogenated alkanes) is 2. The fourth-order valence-electron chi connectivity index (χ4n) is 4.58. The lowest BCUT2D eigenvalue weighted by Gasteiger charge is -2.09. The van der Waals surface area contributed by atoms with Crippen molar-refractivity contribution < 1.29 is 14.7 Å². The van der Waals surface area contributed by atoms with Crippen molar-refractivity contribution >= 4 is 11.9 Å². The maximum absolute atomic E-state index is 12.1. The first kappa shape index (κ1) is 12.9. The average molecular weight is 265 g/mol. The Kier molecular flexibility index (Phi) is 3.50. The van der Waals surface area contributed by atoms with Crippen LogP contribution in [0.15, 0.2) is 0 Å². The van der Waals surface area contributed by atoms with Gasteiger partial charge in [0.05, 0.1) is 0 Å². The molecule has 2 N–H and O–H groups in total. The van der Waals surface area contributed by atoms with Crippen LogP contribution in [0.5, 0.6) is 0 Å². The average Bonchev–Trinajstić information content (AvgIpc) is 2.82. The Bertz CT molecular complexity index is 366. The van der Waals surface area contributed by atoms with Crippen molar-refractivity contribution in [3.05, 3.63) is 0 Å². The lowest BCUT2D eigenvalue weighted by molar-refractivity contribution is -0.137. The van der Waals surface area contributed by atoms with E-state index in [0.717, 1.165) is 24.7 Å². The lowest BCUT2D eigenvalue weighted by atomic mass is 10.0. The van der Waals surface area contributed by atoms with Crippen molar-refractivity contribution in [2.75, 3.05) is 6.54 Å². The third-order valence-corrected chi connectivity index (χ3v) is 5.40. The van der Waals surface area contributed by atoms with Gasteiger partial charge in [0.15, 0.2) is 0 Å². The SMILES string of the molecule is O=C(O)CCCCCNC(=O)C1[C@@H]2[C@H]3CC[C@@H](C3)[C@@H]12. The minimum Gasteiger partial charge on any atom is -0.481 e. The standard InChI is InChI=1S/C15H23NO3/c17-11(18)4-2-1-3-7-16-15(19)14-12-9-5-6-10(8-9)13(12)14/h9-10,12-14H,1-8H2,(H,16,19)(H,17,18)/t9-,10-,12+,13+/m0/s1. The van der Waals surface area contributed by atoms with Gasteiger partial charge in [-0.2, -0.15) is 0 Å². The van der Waals surface area contributed by atoms with Crippen molar-refractivity contribution in [1.82, 2.24) is 5.32 Å². The molecule has 3 saturated carbocycles. The zero-order valence-electron chi connectivity index (χ0n) is 11.3. The van der Waals surface area contributed by atoms with E-state index in [2.05, 4.69) is 5.32 Å². The summed E-state index contributed by atoms with van der Waals surface area (Å²) in [5, 5.41) is 11.6. The van der Waals surface area contributed by atoms with Gasteiger partial charge in [0.25, 0.3) is 0 Å². The number of carboxylic acids is 1. The third kappa shape index (κ3) is 2.49. The first-order valence-electron chi connectivity index (χ1n) is 7.68. The van der Waals surface area contributed by atoms with E-state index < -0.39 is 5.97 Å². The van der Waals surface area contributed by atoms with E-state index in [1.54, 1.807) is 0 Å². The smallest absolute Gasteiger partial charge is 0.303 e. The van der Waals surface area contributed by atoms with Crippen LogP contribution < -0.4 is 5.32 Å². The van der Waals surface area contributed by atoms with Crippen LogP contribution in [0.25, 0.3) is 0 Å². The van der Waals surface area contributed by atoms with Crippen molar-refractivity contribution in [2.45, 2.75) is 44.9 Å². The van der Waals surface area contributed by atoms with Gasteiger partial charge in [-0.25, -0.2) is 0 Å². The minimum atomic E-state index is -0.731. The van der Waals surface area contributed by atoms with E-state index in [0.29, 0.717) is 30.7 Å². The summed E-state index contributed by atoms with van der Waals surface area (Å²) >= 11 is 0. The minimum absolute atomic E-state index is 0.240. The second kappa shape index (κ2) is 5.14. The number of amides is 1. The van der Waals surface area contributed by atoms with Crippen LogP contribution in [0.3, 0.4) is 0 Å². The van der Waals surface area contributed by atoms with E-state index in [1.807, 2.05) is 0 Å². The topological polar surface area (TPSA) is 66.4 Å². The number of nitrogens with one attached hydrogen (secondary N) is 1. The molecule has 4 nitrogen and oxygen atoms in total. The van der Waals surface area contributed by atoms with Gasteiger partial charge in [0, 0.05) is 18.9 Å². The summed E-state index contributed by atoms with van der Waals surface area (Å²) in [6.07, 6.45) is 6.82. The van der Waals surface area contributed by atoms with Gasteiger partial charge >= 0.3 is 5.97 Å². The van der Waals surface area contributed by atoms with E-state index in [-0.39, 0.29) is 12.3 Å². The summed E-state index contributed by atoms with van der Waals surface area (Å²) in [5.74, 6) is 2.99. The van der Waals surface area contributed by atoms with Crippen LogP contribution in [0.4, 0.5) is 0 Å². The maximum Gasteiger partial charge on any atom is 0.303 e.